The number of hydrogen-bond donors (Lipinski definition) is 1. The highest BCUT2D eigenvalue weighted by Crippen LogP contribution is 2.32. The van der Waals surface area contributed by atoms with Crippen molar-refractivity contribution in [1.29, 1.82) is 0 Å². The number of rotatable bonds is 4. The van der Waals surface area contributed by atoms with Gasteiger partial charge in [-0.1, -0.05) is 6.42 Å². The highest BCUT2D eigenvalue weighted by Gasteiger charge is 2.29. The van der Waals surface area contributed by atoms with Crippen molar-refractivity contribution in [2.24, 2.45) is 7.05 Å². The van der Waals surface area contributed by atoms with E-state index in [1.165, 1.54) is 37.8 Å². The fourth-order valence-corrected chi connectivity index (χ4v) is 3.98. The molecule has 3 heterocycles. The van der Waals surface area contributed by atoms with E-state index in [0.717, 1.165) is 31.8 Å². The molecule has 1 aromatic heterocycles. The standard InChI is InChI=1S/C18H29N3O2/c1-19-18(22)17-10-9-15(20(17)2)16-8-3-5-11-21(16)13-14-7-4-6-12-23-14/h9-10,14,16H,3-8,11-13H2,1-2H3,(H,19,22)/t14-,16-/m1/s1. The molecule has 0 radical (unpaired) electrons. The van der Waals surface area contributed by atoms with E-state index in [1.807, 2.05) is 13.1 Å². The van der Waals surface area contributed by atoms with Crippen LogP contribution in [0.4, 0.5) is 0 Å². The molecule has 0 spiro atoms. The largest absolute Gasteiger partial charge is 0.377 e. The lowest BCUT2D eigenvalue weighted by molar-refractivity contribution is -0.0204. The Morgan fingerprint density at radius 3 is 2.83 bits per heavy atom. The fourth-order valence-electron chi connectivity index (χ4n) is 3.98. The van der Waals surface area contributed by atoms with E-state index in [9.17, 15) is 4.79 Å². The van der Waals surface area contributed by atoms with Gasteiger partial charge in [0.05, 0.1) is 12.1 Å². The molecule has 2 atom stereocenters. The second kappa shape index (κ2) is 7.49. The molecule has 0 bridgehead atoms. The second-order valence-electron chi connectivity index (χ2n) is 6.78. The van der Waals surface area contributed by atoms with Crippen LogP contribution in [0, 0.1) is 0 Å². The van der Waals surface area contributed by atoms with Gasteiger partial charge in [-0.2, -0.15) is 0 Å². The number of likely N-dealkylation sites (tertiary alicyclic amines) is 1. The highest BCUT2D eigenvalue weighted by molar-refractivity contribution is 5.92. The molecule has 5 heteroatoms. The zero-order valence-electron chi connectivity index (χ0n) is 14.4. The molecular weight excluding hydrogens is 290 g/mol. The summed E-state index contributed by atoms with van der Waals surface area (Å²) in [6.07, 6.45) is 7.73. The van der Waals surface area contributed by atoms with Crippen molar-refractivity contribution in [2.75, 3.05) is 26.7 Å². The molecule has 2 saturated heterocycles. The van der Waals surface area contributed by atoms with Gasteiger partial charge < -0.3 is 14.6 Å². The Hall–Kier alpha value is -1.33. The van der Waals surface area contributed by atoms with Crippen LogP contribution in [-0.2, 0) is 11.8 Å². The molecule has 1 amide bonds. The first-order valence-corrected chi connectivity index (χ1v) is 8.94. The molecule has 2 aliphatic rings. The smallest absolute Gasteiger partial charge is 0.267 e. The first-order valence-electron chi connectivity index (χ1n) is 8.94. The molecule has 128 valence electrons. The van der Waals surface area contributed by atoms with Gasteiger partial charge >= 0.3 is 0 Å². The quantitative estimate of drug-likeness (QED) is 0.927. The molecule has 23 heavy (non-hydrogen) atoms. The van der Waals surface area contributed by atoms with Crippen molar-refractivity contribution < 1.29 is 9.53 Å². The SMILES string of the molecule is CNC(=O)c1ccc([C@H]2CCCCN2C[C@H]2CCCCO2)n1C. The van der Waals surface area contributed by atoms with Crippen molar-refractivity contribution in [3.63, 3.8) is 0 Å². The number of amides is 1. The van der Waals surface area contributed by atoms with E-state index in [-0.39, 0.29) is 5.91 Å². The molecule has 0 unspecified atom stereocenters. The minimum Gasteiger partial charge on any atom is -0.377 e. The summed E-state index contributed by atoms with van der Waals surface area (Å²) >= 11 is 0. The van der Waals surface area contributed by atoms with E-state index in [1.54, 1.807) is 7.05 Å². The number of ether oxygens (including phenoxy) is 1. The van der Waals surface area contributed by atoms with E-state index in [0.29, 0.717) is 12.1 Å². The third kappa shape index (κ3) is 3.61. The lowest BCUT2D eigenvalue weighted by Gasteiger charge is -2.39. The average Bonchev–Trinajstić information content (AvgIpc) is 2.97. The van der Waals surface area contributed by atoms with E-state index in [2.05, 4.69) is 20.9 Å². The van der Waals surface area contributed by atoms with Crippen LogP contribution in [-0.4, -0.2) is 48.2 Å². The molecule has 5 nitrogen and oxygen atoms in total. The summed E-state index contributed by atoms with van der Waals surface area (Å²) in [6, 6.07) is 4.46. The van der Waals surface area contributed by atoms with Crippen molar-refractivity contribution >= 4 is 5.91 Å². The van der Waals surface area contributed by atoms with Crippen LogP contribution < -0.4 is 5.32 Å². The number of nitrogens with one attached hydrogen (secondary N) is 1. The van der Waals surface area contributed by atoms with Gasteiger partial charge in [0.25, 0.3) is 5.91 Å². The maximum atomic E-state index is 12.0. The Morgan fingerprint density at radius 1 is 1.26 bits per heavy atom. The van der Waals surface area contributed by atoms with Crippen molar-refractivity contribution in [3.8, 4) is 0 Å². The topological polar surface area (TPSA) is 46.5 Å². The summed E-state index contributed by atoms with van der Waals surface area (Å²) in [6.45, 7) is 3.06. The maximum Gasteiger partial charge on any atom is 0.267 e. The second-order valence-corrected chi connectivity index (χ2v) is 6.78. The molecule has 2 aliphatic heterocycles. The van der Waals surface area contributed by atoms with E-state index >= 15 is 0 Å². The Kier molecular flexibility index (Phi) is 5.38. The van der Waals surface area contributed by atoms with E-state index in [4.69, 9.17) is 4.74 Å². The van der Waals surface area contributed by atoms with Crippen LogP contribution in [0.3, 0.4) is 0 Å². The first-order chi connectivity index (χ1) is 11.2. The monoisotopic (exact) mass is 319 g/mol. The van der Waals surface area contributed by atoms with Gasteiger partial charge in [-0.3, -0.25) is 9.69 Å². The van der Waals surface area contributed by atoms with Gasteiger partial charge in [-0.05, 0) is 50.8 Å². The molecule has 0 aliphatic carbocycles. The molecule has 3 rings (SSSR count). The predicted octanol–water partition coefficient (Wildman–Crippen LogP) is 2.48. The van der Waals surface area contributed by atoms with Crippen LogP contribution in [0.1, 0.15) is 60.7 Å². The molecule has 0 aromatic carbocycles. The van der Waals surface area contributed by atoms with Crippen molar-refractivity contribution in [3.05, 3.63) is 23.5 Å². The van der Waals surface area contributed by atoms with Gasteiger partial charge in [0.15, 0.2) is 0 Å². The fraction of sp³-hybridized carbons (Fsp3) is 0.722. The minimum atomic E-state index is -0.0169. The summed E-state index contributed by atoms with van der Waals surface area (Å²) in [5, 5.41) is 2.72. The zero-order valence-corrected chi connectivity index (χ0v) is 14.4. The lowest BCUT2D eigenvalue weighted by Crippen LogP contribution is -2.41. The van der Waals surface area contributed by atoms with Gasteiger partial charge in [0.1, 0.15) is 5.69 Å². The van der Waals surface area contributed by atoms with Crippen LogP contribution >= 0.6 is 0 Å². The summed E-state index contributed by atoms with van der Waals surface area (Å²) in [5.41, 5.74) is 1.99. The Labute approximate surface area is 139 Å². The van der Waals surface area contributed by atoms with Crippen LogP contribution in [0.5, 0.6) is 0 Å². The van der Waals surface area contributed by atoms with Crippen LogP contribution in [0.25, 0.3) is 0 Å². The summed E-state index contributed by atoms with van der Waals surface area (Å²) < 4.78 is 8.00. The van der Waals surface area contributed by atoms with Crippen molar-refractivity contribution in [1.82, 2.24) is 14.8 Å². The average molecular weight is 319 g/mol. The number of piperidine rings is 1. The number of aromatic nitrogens is 1. The number of carbonyl (C=O) groups excluding carboxylic acids is 1. The third-order valence-corrected chi connectivity index (χ3v) is 5.29. The maximum absolute atomic E-state index is 12.0. The van der Waals surface area contributed by atoms with Gasteiger partial charge in [0, 0.05) is 32.9 Å². The first kappa shape index (κ1) is 16.5. The molecule has 1 N–H and O–H groups in total. The van der Waals surface area contributed by atoms with Gasteiger partial charge in [0.2, 0.25) is 0 Å². The Bertz CT molecular complexity index is 534. The van der Waals surface area contributed by atoms with E-state index < -0.39 is 0 Å². The van der Waals surface area contributed by atoms with Crippen molar-refractivity contribution in [2.45, 2.75) is 50.7 Å². The zero-order chi connectivity index (χ0) is 16.2. The molecule has 0 saturated carbocycles. The highest BCUT2D eigenvalue weighted by atomic mass is 16.5. The number of nitrogens with zero attached hydrogens (tertiary/aromatic N) is 2. The van der Waals surface area contributed by atoms with Crippen LogP contribution in [0.2, 0.25) is 0 Å². The molecule has 2 fully saturated rings. The van der Waals surface area contributed by atoms with Gasteiger partial charge in [-0.25, -0.2) is 0 Å². The number of hydrogen-bond acceptors (Lipinski definition) is 3. The Morgan fingerprint density at radius 2 is 2.09 bits per heavy atom. The molecule has 1 aromatic rings. The third-order valence-electron chi connectivity index (χ3n) is 5.29. The number of carbonyl (C=O) groups is 1. The molecular formula is C18H29N3O2. The minimum absolute atomic E-state index is 0.0169. The predicted molar refractivity (Wildman–Crippen MR) is 90.6 cm³/mol. The summed E-state index contributed by atoms with van der Waals surface area (Å²) in [7, 11) is 3.69. The van der Waals surface area contributed by atoms with Gasteiger partial charge in [-0.15, -0.1) is 0 Å². The summed E-state index contributed by atoms with van der Waals surface area (Å²) in [4.78, 5) is 14.5. The Balaban J connectivity index is 1.75. The van der Waals surface area contributed by atoms with Crippen LogP contribution in [0.15, 0.2) is 12.1 Å². The summed E-state index contributed by atoms with van der Waals surface area (Å²) in [5.74, 6) is -0.0169. The normalized spacial score (nSPS) is 26.2. The lowest BCUT2D eigenvalue weighted by atomic mass is 9.98.